The molecule has 89 heavy (non-hydrogen) atoms. The monoisotopic (exact) mass is 1240 g/mol. The molecule has 0 aliphatic carbocycles. The summed E-state index contributed by atoms with van der Waals surface area (Å²) in [4.78, 5) is 139. The Morgan fingerprint density at radius 1 is 0.315 bits per heavy atom. The zero-order valence-corrected chi connectivity index (χ0v) is 51.7. The highest BCUT2D eigenvalue weighted by atomic mass is 16.4. The first-order valence-corrected chi connectivity index (χ1v) is 31.1. The fourth-order valence-corrected chi connectivity index (χ4v) is 9.60. The highest BCUT2D eigenvalue weighted by Gasteiger charge is 2.35. The number of amides is 9. The van der Waals surface area contributed by atoms with Crippen LogP contribution in [0, 0.1) is 0 Å². The second-order valence-corrected chi connectivity index (χ2v) is 22.3. The molecule has 3 aromatic rings. The second kappa shape index (κ2) is 42.9. The van der Waals surface area contributed by atoms with Crippen molar-refractivity contribution in [2.75, 3.05) is 32.7 Å². The molecule has 9 amide bonds. The van der Waals surface area contributed by atoms with Gasteiger partial charge in [0.05, 0.1) is 6.04 Å². The highest BCUT2D eigenvalue weighted by Crippen LogP contribution is 2.13. The van der Waals surface area contributed by atoms with E-state index in [1.54, 1.807) is 60.7 Å². The normalized spacial score (nSPS) is 14.5. The Morgan fingerprint density at radius 3 is 0.854 bits per heavy atom. The molecule has 0 fully saturated rings. The van der Waals surface area contributed by atoms with Crippen LogP contribution in [0.2, 0.25) is 0 Å². The van der Waals surface area contributed by atoms with Crippen molar-refractivity contribution in [3.8, 4) is 0 Å². The van der Waals surface area contributed by atoms with E-state index in [0.717, 1.165) is 5.56 Å². The maximum Gasteiger partial charge on any atom is 0.326 e. The van der Waals surface area contributed by atoms with Gasteiger partial charge in [0.25, 0.3) is 0 Å². The molecule has 22 N–H and O–H groups in total. The van der Waals surface area contributed by atoms with Crippen LogP contribution in [0.4, 0.5) is 0 Å². The first kappa shape index (κ1) is 75.4. The Balaban J connectivity index is 1.86. The van der Waals surface area contributed by atoms with Crippen LogP contribution in [0.25, 0.3) is 0 Å². The van der Waals surface area contributed by atoms with Crippen molar-refractivity contribution in [3.63, 3.8) is 0 Å². The van der Waals surface area contributed by atoms with E-state index in [1.165, 1.54) is 13.8 Å². The molecule has 0 unspecified atom stereocenters. The van der Waals surface area contributed by atoms with Gasteiger partial charge in [-0.3, -0.25) is 43.2 Å². The molecule has 492 valence electrons. The Bertz CT molecular complexity index is 2640. The fraction of sp³-hybridized carbons (Fsp3) is 0.556. The molecule has 0 aliphatic rings. The van der Waals surface area contributed by atoms with Crippen molar-refractivity contribution in [2.24, 2.45) is 34.4 Å². The van der Waals surface area contributed by atoms with Gasteiger partial charge in [-0.1, -0.05) is 91.0 Å². The Kier molecular flexibility index (Phi) is 36.3. The number of nitrogens with one attached hydrogen (secondary N) is 9. The van der Waals surface area contributed by atoms with Gasteiger partial charge in [0.1, 0.15) is 54.4 Å². The first-order chi connectivity index (χ1) is 42.7. The van der Waals surface area contributed by atoms with Crippen LogP contribution in [0.3, 0.4) is 0 Å². The lowest BCUT2D eigenvalue weighted by Gasteiger charge is -2.28. The average molecular weight is 1240 g/mol. The van der Waals surface area contributed by atoms with E-state index in [4.69, 9.17) is 34.4 Å². The first-order valence-electron chi connectivity index (χ1n) is 31.1. The van der Waals surface area contributed by atoms with Gasteiger partial charge in [-0.05, 0) is 166 Å². The SMILES string of the molecule is C[C@H](NC(=O)[C@H](Cc1ccccc1)NC(=O)[C@H](CCCCN)NC(=O)[C@H](CCCCN)NC(=O)[C@H](C)NC(=O)[C@@H](N)Cc1ccccc1)C(=O)N[C@@H](CCCCN)C(=O)N[C@@H](CCCCN)C(=O)N[C@@H](Cc1ccccc1)C(=O)N[C@@H](CCCCN)C(=O)O. The molecule has 0 radical (unpaired) electrons. The Labute approximate surface area is 522 Å². The summed E-state index contributed by atoms with van der Waals surface area (Å²) >= 11 is 0. The smallest absolute Gasteiger partial charge is 0.326 e. The molecule has 0 heterocycles. The number of carbonyl (C=O) groups is 10. The summed E-state index contributed by atoms with van der Waals surface area (Å²) in [6.45, 7) is 4.31. The lowest BCUT2D eigenvalue weighted by molar-refractivity contribution is -0.142. The van der Waals surface area contributed by atoms with E-state index in [9.17, 15) is 53.1 Å². The van der Waals surface area contributed by atoms with E-state index >= 15 is 0 Å². The second-order valence-electron chi connectivity index (χ2n) is 22.3. The molecular formula is C63H99N15O11. The summed E-state index contributed by atoms with van der Waals surface area (Å²) in [5, 5.41) is 34.3. The summed E-state index contributed by atoms with van der Waals surface area (Å²) in [5.74, 6) is -7.81. The van der Waals surface area contributed by atoms with Crippen molar-refractivity contribution in [1.29, 1.82) is 0 Å². The van der Waals surface area contributed by atoms with Gasteiger partial charge in [-0.2, -0.15) is 0 Å². The quantitative estimate of drug-likeness (QED) is 0.0307. The number of rotatable bonds is 45. The number of carbonyl (C=O) groups excluding carboxylic acids is 9. The number of aliphatic carboxylic acids is 1. The lowest BCUT2D eigenvalue weighted by atomic mass is 10.0. The Morgan fingerprint density at radius 2 is 0.551 bits per heavy atom. The van der Waals surface area contributed by atoms with Crippen LogP contribution in [0.15, 0.2) is 91.0 Å². The molecule has 0 aromatic heterocycles. The topological polar surface area (TPSA) is 455 Å². The van der Waals surface area contributed by atoms with Gasteiger partial charge in [0.2, 0.25) is 53.2 Å². The Hall–Kier alpha value is -7.88. The summed E-state index contributed by atoms with van der Waals surface area (Å²) < 4.78 is 0. The molecule has 0 spiro atoms. The summed E-state index contributed by atoms with van der Waals surface area (Å²) in [7, 11) is 0. The largest absolute Gasteiger partial charge is 0.480 e. The number of hydrogen-bond acceptors (Lipinski definition) is 16. The number of benzene rings is 3. The molecule has 26 heteroatoms. The lowest BCUT2D eigenvalue weighted by Crippen LogP contribution is -2.60. The molecule has 0 saturated carbocycles. The standard InChI is InChI=1S/C63H99N15O11/c1-41(70-56(81)46(69)38-43-22-6-3-7-23-43)54(79)72-47(28-12-17-33-64)57(82)74-49(30-14-19-35-66)59(84)77-52(39-44-24-8-4-9-25-44)61(86)71-42(2)55(80)73-48(29-13-18-34-65)58(83)75-50(31-15-20-36-67)60(85)78-53(40-45-26-10-5-11-27-45)62(87)76-51(63(88)89)32-16-21-37-68/h3-11,22-27,41-42,46-53H,12-21,28-40,64-69H2,1-2H3,(H,70,81)(H,71,86)(H,72,79)(H,73,80)(H,74,82)(H,75,83)(H,76,87)(H,77,84)(H,78,85)(H,88,89)/t41-,42-,46-,47-,48-,49-,50-,51-,52-,53-/m0/s1. The van der Waals surface area contributed by atoms with Gasteiger partial charge in [0.15, 0.2) is 0 Å². The number of carboxylic acids is 1. The van der Waals surface area contributed by atoms with E-state index in [2.05, 4.69) is 47.9 Å². The maximum absolute atomic E-state index is 14.5. The molecule has 0 aliphatic heterocycles. The predicted octanol–water partition coefficient (Wildman–Crippen LogP) is -0.826. The molecule has 3 rings (SSSR count). The van der Waals surface area contributed by atoms with Crippen LogP contribution >= 0.6 is 0 Å². The minimum Gasteiger partial charge on any atom is -0.480 e. The van der Waals surface area contributed by atoms with Crippen LogP contribution in [-0.2, 0) is 67.2 Å². The van der Waals surface area contributed by atoms with E-state index in [0.29, 0.717) is 88.4 Å². The summed E-state index contributed by atoms with van der Waals surface area (Å²) in [6.07, 6.45) is 5.05. The molecule has 3 aromatic carbocycles. The molecule has 0 bridgehead atoms. The van der Waals surface area contributed by atoms with Gasteiger partial charge >= 0.3 is 5.97 Å². The number of carboxylic acid groups (broad SMARTS) is 1. The minimum atomic E-state index is -1.33. The van der Waals surface area contributed by atoms with Gasteiger partial charge in [-0.25, -0.2) is 4.79 Å². The third-order valence-corrected chi connectivity index (χ3v) is 14.9. The predicted molar refractivity (Wildman–Crippen MR) is 339 cm³/mol. The van der Waals surface area contributed by atoms with Crippen molar-refractivity contribution >= 4 is 59.1 Å². The average Bonchev–Trinajstić information content (AvgIpc) is 3.70. The van der Waals surface area contributed by atoms with Gasteiger partial charge in [-0.15, -0.1) is 0 Å². The van der Waals surface area contributed by atoms with E-state index < -0.39 is 120 Å². The summed E-state index contributed by atoms with van der Waals surface area (Å²) in [6, 6.07) is 14.5. The molecule has 0 saturated heterocycles. The third-order valence-electron chi connectivity index (χ3n) is 14.9. The maximum atomic E-state index is 14.5. The zero-order valence-electron chi connectivity index (χ0n) is 51.7. The molecular weight excluding hydrogens is 1140 g/mol. The molecule has 26 nitrogen and oxygen atoms in total. The summed E-state index contributed by atoms with van der Waals surface area (Å²) in [5.41, 5.74) is 37.1. The van der Waals surface area contributed by atoms with E-state index in [-0.39, 0.29) is 71.0 Å². The van der Waals surface area contributed by atoms with Crippen molar-refractivity contribution < 1.29 is 53.1 Å². The minimum absolute atomic E-state index is 0.0194. The van der Waals surface area contributed by atoms with Crippen LogP contribution < -0.4 is 82.3 Å². The van der Waals surface area contributed by atoms with Crippen molar-refractivity contribution in [1.82, 2.24) is 47.9 Å². The molecule has 10 atom stereocenters. The van der Waals surface area contributed by atoms with Gasteiger partial charge < -0.3 is 87.4 Å². The highest BCUT2D eigenvalue weighted by molar-refractivity contribution is 5.98. The third kappa shape index (κ3) is 29.3. The number of unbranched alkanes of at least 4 members (excludes halogenated alkanes) is 5. The van der Waals surface area contributed by atoms with E-state index in [1.807, 2.05) is 30.3 Å². The van der Waals surface area contributed by atoms with Crippen molar-refractivity contribution in [2.45, 2.75) is 190 Å². The van der Waals surface area contributed by atoms with Gasteiger partial charge in [0, 0.05) is 12.8 Å². The number of hydrogen-bond donors (Lipinski definition) is 16. The number of nitrogens with two attached hydrogens (primary N) is 6. The van der Waals surface area contributed by atoms with Crippen LogP contribution in [0.1, 0.15) is 127 Å². The van der Waals surface area contributed by atoms with Crippen LogP contribution in [0.5, 0.6) is 0 Å². The fourth-order valence-electron chi connectivity index (χ4n) is 9.60. The zero-order chi connectivity index (χ0) is 65.5. The van der Waals surface area contributed by atoms with Crippen molar-refractivity contribution in [3.05, 3.63) is 108 Å². The van der Waals surface area contributed by atoms with Crippen LogP contribution in [-0.4, -0.2) is 157 Å².